The van der Waals surface area contributed by atoms with Gasteiger partial charge in [-0.15, -0.1) is 0 Å². The minimum atomic E-state index is 0.435. The fourth-order valence-corrected chi connectivity index (χ4v) is 4.14. The Bertz CT molecular complexity index is 641. The molecule has 1 aliphatic carbocycles. The molecule has 0 N–H and O–H groups in total. The standard InChI is InChI=1S/C15H9BrS/c16-14-8-7-12-11-5-6-13(12)15(14)17-10-3-1-9(11)2-4-10/h1-8,11H. The first-order valence-corrected chi connectivity index (χ1v) is 7.22. The molecule has 2 aromatic carbocycles. The van der Waals surface area contributed by atoms with Crippen molar-refractivity contribution in [3.8, 4) is 0 Å². The Hall–Kier alpha value is -0.990. The van der Waals surface area contributed by atoms with Gasteiger partial charge >= 0.3 is 0 Å². The Morgan fingerprint density at radius 1 is 1.00 bits per heavy atom. The third-order valence-electron chi connectivity index (χ3n) is 3.43. The number of rotatable bonds is 0. The molecule has 0 aromatic heterocycles. The second-order valence-corrected chi connectivity index (χ2v) is 6.33. The number of allylic oxidation sites excluding steroid dienone is 1. The van der Waals surface area contributed by atoms with Crippen LogP contribution in [-0.2, 0) is 0 Å². The van der Waals surface area contributed by atoms with Gasteiger partial charge in [0.15, 0.2) is 0 Å². The molecule has 2 heteroatoms. The molecule has 0 spiro atoms. The Balaban J connectivity index is 2.12. The molecule has 17 heavy (non-hydrogen) atoms. The summed E-state index contributed by atoms with van der Waals surface area (Å²) in [4.78, 5) is 2.65. The van der Waals surface area contributed by atoms with Crippen molar-refractivity contribution in [2.45, 2.75) is 15.7 Å². The molecule has 6 bridgehead atoms. The van der Waals surface area contributed by atoms with E-state index in [2.05, 4.69) is 64.5 Å². The number of fused-ring (bicyclic) bond motifs is 2. The number of benzene rings is 2. The maximum Gasteiger partial charge on any atom is 0.0340 e. The molecule has 2 heterocycles. The first kappa shape index (κ1) is 9.98. The van der Waals surface area contributed by atoms with Crippen molar-refractivity contribution in [3.05, 3.63) is 63.6 Å². The van der Waals surface area contributed by atoms with Crippen LogP contribution < -0.4 is 0 Å². The van der Waals surface area contributed by atoms with E-state index in [-0.39, 0.29) is 0 Å². The highest BCUT2D eigenvalue weighted by atomic mass is 79.9. The fourth-order valence-electron chi connectivity index (χ4n) is 2.58. The van der Waals surface area contributed by atoms with Crippen molar-refractivity contribution in [1.82, 2.24) is 0 Å². The number of hydrogen-bond acceptors (Lipinski definition) is 1. The minimum absolute atomic E-state index is 0.435. The lowest BCUT2D eigenvalue weighted by molar-refractivity contribution is 1.04. The van der Waals surface area contributed by atoms with Crippen LogP contribution in [0.15, 0.2) is 56.7 Å². The molecule has 3 aliphatic rings. The van der Waals surface area contributed by atoms with E-state index in [0.29, 0.717) is 5.92 Å². The number of halogens is 1. The third kappa shape index (κ3) is 1.37. The van der Waals surface area contributed by atoms with E-state index in [9.17, 15) is 0 Å². The molecule has 0 saturated carbocycles. The summed E-state index contributed by atoms with van der Waals surface area (Å²) in [5.41, 5.74) is 4.21. The van der Waals surface area contributed by atoms with E-state index in [1.165, 1.54) is 31.0 Å². The van der Waals surface area contributed by atoms with Crippen LogP contribution in [0.1, 0.15) is 22.6 Å². The Morgan fingerprint density at radius 2 is 1.82 bits per heavy atom. The normalized spacial score (nSPS) is 19.0. The minimum Gasteiger partial charge on any atom is -0.0883 e. The van der Waals surface area contributed by atoms with Crippen LogP contribution in [0.2, 0.25) is 0 Å². The van der Waals surface area contributed by atoms with Gasteiger partial charge in [-0.1, -0.05) is 42.1 Å². The summed E-state index contributed by atoms with van der Waals surface area (Å²) in [5, 5.41) is 0. The lowest BCUT2D eigenvalue weighted by Crippen LogP contribution is -1.95. The predicted octanol–water partition coefficient (Wildman–Crippen LogP) is 5.07. The zero-order valence-corrected chi connectivity index (χ0v) is 11.4. The summed E-state index contributed by atoms with van der Waals surface area (Å²) in [6, 6.07) is 13.3. The van der Waals surface area contributed by atoms with Gasteiger partial charge in [-0.2, -0.15) is 0 Å². The molecule has 0 fully saturated rings. The molecular formula is C15H9BrS. The van der Waals surface area contributed by atoms with Gasteiger partial charge in [0.1, 0.15) is 0 Å². The Morgan fingerprint density at radius 3 is 2.65 bits per heavy atom. The zero-order valence-electron chi connectivity index (χ0n) is 8.98. The molecule has 1 unspecified atom stereocenters. The van der Waals surface area contributed by atoms with Crippen LogP contribution in [-0.4, -0.2) is 0 Å². The summed E-state index contributed by atoms with van der Waals surface area (Å²) >= 11 is 5.51. The molecule has 0 radical (unpaired) electrons. The van der Waals surface area contributed by atoms with Crippen molar-refractivity contribution in [2.75, 3.05) is 0 Å². The first-order valence-electron chi connectivity index (χ1n) is 5.61. The Kier molecular flexibility index (Phi) is 2.06. The molecular weight excluding hydrogens is 292 g/mol. The molecule has 2 aromatic rings. The van der Waals surface area contributed by atoms with Gasteiger partial charge in [-0.05, 0) is 50.8 Å². The second-order valence-electron chi connectivity index (χ2n) is 4.39. The molecule has 0 amide bonds. The maximum absolute atomic E-state index is 3.67. The highest BCUT2D eigenvalue weighted by Gasteiger charge is 2.24. The van der Waals surface area contributed by atoms with Crippen LogP contribution in [0.4, 0.5) is 0 Å². The van der Waals surface area contributed by atoms with E-state index in [1.54, 1.807) is 0 Å². The van der Waals surface area contributed by atoms with Gasteiger partial charge in [0.05, 0.1) is 0 Å². The molecule has 82 valence electrons. The average molecular weight is 301 g/mol. The van der Waals surface area contributed by atoms with E-state index >= 15 is 0 Å². The SMILES string of the molecule is Brc1ccc2c3c1Sc1ccc(cc1)C2C=C3. The van der Waals surface area contributed by atoms with Crippen molar-refractivity contribution in [1.29, 1.82) is 0 Å². The van der Waals surface area contributed by atoms with Crippen LogP contribution in [0.25, 0.3) is 6.08 Å². The predicted molar refractivity (Wildman–Crippen MR) is 75.6 cm³/mol. The van der Waals surface area contributed by atoms with Gasteiger partial charge in [-0.3, -0.25) is 0 Å². The topological polar surface area (TPSA) is 0 Å². The lowest BCUT2D eigenvalue weighted by atomic mass is 9.93. The summed E-state index contributed by atoms with van der Waals surface area (Å²) in [7, 11) is 0. The van der Waals surface area contributed by atoms with Gasteiger partial charge in [0.25, 0.3) is 0 Å². The van der Waals surface area contributed by atoms with Crippen LogP contribution in [0.5, 0.6) is 0 Å². The van der Waals surface area contributed by atoms with Gasteiger partial charge in [0.2, 0.25) is 0 Å². The Labute approximate surface area is 113 Å². The first-order chi connectivity index (χ1) is 8.33. The fraction of sp³-hybridized carbons (Fsp3) is 0.0667. The van der Waals surface area contributed by atoms with Gasteiger partial charge < -0.3 is 0 Å². The van der Waals surface area contributed by atoms with Gasteiger partial charge in [-0.25, -0.2) is 0 Å². The number of hydrogen-bond donors (Lipinski definition) is 0. The molecule has 5 rings (SSSR count). The molecule has 2 aliphatic heterocycles. The molecule has 1 atom stereocenters. The van der Waals surface area contributed by atoms with Crippen LogP contribution >= 0.6 is 27.7 Å². The van der Waals surface area contributed by atoms with Gasteiger partial charge in [0, 0.05) is 20.2 Å². The maximum atomic E-state index is 3.67. The average Bonchev–Trinajstić information content (AvgIpc) is 2.80. The largest absolute Gasteiger partial charge is 0.0883 e. The van der Waals surface area contributed by atoms with Crippen molar-refractivity contribution >= 4 is 33.8 Å². The van der Waals surface area contributed by atoms with Crippen molar-refractivity contribution in [2.24, 2.45) is 0 Å². The molecule has 0 nitrogen and oxygen atoms in total. The third-order valence-corrected chi connectivity index (χ3v) is 5.51. The van der Waals surface area contributed by atoms with Crippen molar-refractivity contribution in [3.63, 3.8) is 0 Å². The highest BCUT2D eigenvalue weighted by Crippen LogP contribution is 2.46. The highest BCUT2D eigenvalue weighted by molar-refractivity contribution is 9.10. The van der Waals surface area contributed by atoms with E-state index in [1.807, 2.05) is 11.8 Å². The van der Waals surface area contributed by atoms with Crippen molar-refractivity contribution < 1.29 is 0 Å². The quantitative estimate of drug-likeness (QED) is 0.654. The van der Waals surface area contributed by atoms with Crippen LogP contribution in [0, 0.1) is 0 Å². The zero-order chi connectivity index (χ0) is 11.4. The lowest BCUT2D eigenvalue weighted by Gasteiger charge is -2.12. The molecule has 0 saturated heterocycles. The summed E-state index contributed by atoms with van der Waals surface area (Å²) in [6.07, 6.45) is 4.57. The summed E-state index contributed by atoms with van der Waals surface area (Å²) in [6.45, 7) is 0. The second kappa shape index (κ2) is 3.50. The van der Waals surface area contributed by atoms with E-state index < -0.39 is 0 Å². The van der Waals surface area contributed by atoms with Crippen LogP contribution in [0.3, 0.4) is 0 Å². The van der Waals surface area contributed by atoms with E-state index in [4.69, 9.17) is 0 Å². The summed E-state index contributed by atoms with van der Waals surface area (Å²) in [5.74, 6) is 0.435. The smallest absolute Gasteiger partial charge is 0.0340 e. The van der Waals surface area contributed by atoms with E-state index in [0.717, 1.165) is 0 Å². The summed E-state index contributed by atoms with van der Waals surface area (Å²) < 4.78 is 1.19. The monoisotopic (exact) mass is 300 g/mol.